The second-order valence-electron chi connectivity index (χ2n) is 7.53. The van der Waals surface area contributed by atoms with Gasteiger partial charge in [0.2, 0.25) is 11.6 Å². The van der Waals surface area contributed by atoms with Crippen molar-refractivity contribution in [1.29, 1.82) is 0 Å². The Morgan fingerprint density at radius 2 is 1.94 bits per heavy atom. The smallest absolute Gasteiger partial charge is 0.293 e. The van der Waals surface area contributed by atoms with E-state index in [2.05, 4.69) is 49.6 Å². The van der Waals surface area contributed by atoms with E-state index in [-0.39, 0.29) is 17.3 Å². The zero-order valence-corrected chi connectivity index (χ0v) is 19.9. The summed E-state index contributed by atoms with van der Waals surface area (Å²) in [5, 5.41) is 20.1. The average molecular weight is 497 g/mol. The first-order valence-electron chi connectivity index (χ1n) is 10.3. The molecule has 3 N–H and O–H groups in total. The Kier molecular flexibility index (Phi) is 7.24. The number of nitrogens with two attached hydrogens (primary N) is 1. The summed E-state index contributed by atoms with van der Waals surface area (Å²) in [4.78, 5) is 13.8. The van der Waals surface area contributed by atoms with Crippen LogP contribution in [-0.2, 0) is 5.75 Å². The predicted octanol–water partition coefficient (Wildman–Crippen LogP) is 4.07. The van der Waals surface area contributed by atoms with Gasteiger partial charge in [0.1, 0.15) is 0 Å². The second kappa shape index (κ2) is 10.5. The van der Waals surface area contributed by atoms with E-state index < -0.39 is 5.91 Å². The molecule has 174 valence electrons. The van der Waals surface area contributed by atoms with Gasteiger partial charge in [-0.25, -0.2) is 10.1 Å². The van der Waals surface area contributed by atoms with Crippen LogP contribution in [0.3, 0.4) is 0 Å². The quantitative estimate of drug-likeness (QED) is 0.211. The highest BCUT2D eigenvalue weighted by molar-refractivity contribution is 7.98. The largest absolute Gasteiger partial charge is 0.378 e. The molecule has 0 unspecified atom stereocenters. The minimum absolute atomic E-state index is 0.0254. The van der Waals surface area contributed by atoms with Crippen molar-refractivity contribution in [3.05, 3.63) is 76.1 Å². The molecule has 0 spiro atoms. The number of nitrogens with zero attached hydrogens (tertiary/aromatic N) is 6. The van der Waals surface area contributed by atoms with Crippen LogP contribution < -0.4 is 11.2 Å². The molecule has 0 saturated heterocycles. The standard InChI is InChI=1S/C22H21ClN8O2S/c1-13(2)15-5-3-14(4-6-15)11-25-27-22(32)19-18(12-34-17-9-7-16(23)8-10-17)31(30-26-19)21-20(24)28-33-29-21/h3-11,13H,12H2,1-2H3,(H2,24,28)(H,27,32). The van der Waals surface area contributed by atoms with Gasteiger partial charge in [0.25, 0.3) is 5.91 Å². The molecule has 4 rings (SSSR count). The predicted molar refractivity (Wildman–Crippen MR) is 130 cm³/mol. The molecule has 0 aliphatic carbocycles. The number of carbonyl (C=O) groups is 1. The van der Waals surface area contributed by atoms with Crippen LogP contribution in [0, 0.1) is 0 Å². The van der Waals surface area contributed by atoms with Gasteiger partial charge in [-0.05, 0) is 51.6 Å². The topological polar surface area (TPSA) is 137 Å². The molecule has 1 amide bonds. The summed E-state index contributed by atoms with van der Waals surface area (Å²) in [6, 6.07) is 15.3. The number of hydrogen-bond donors (Lipinski definition) is 2. The molecule has 34 heavy (non-hydrogen) atoms. The maximum atomic E-state index is 12.9. The minimum Gasteiger partial charge on any atom is -0.378 e. The number of halogens is 1. The monoisotopic (exact) mass is 496 g/mol. The zero-order valence-electron chi connectivity index (χ0n) is 18.3. The fourth-order valence-electron chi connectivity index (χ4n) is 2.98. The van der Waals surface area contributed by atoms with Crippen LogP contribution in [0.4, 0.5) is 5.82 Å². The van der Waals surface area contributed by atoms with E-state index in [0.717, 1.165) is 10.5 Å². The number of aromatic nitrogens is 5. The molecular weight excluding hydrogens is 476 g/mol. The molecule has 2 aromatic heterocycles. The molecular formula is C22H21ClN8O2S. The molecule has 10 nitrogen and oxygen atoms in total. The van der Waals surface area contributed by atoms with Gasteiger partial charge < -0.3 is 5.73 Å². The number of nitrogen functional groups attached to an aromatic ring is 1. The van der Waals surface area contributed by atoms with Gasteiger partial charge in [0.05, 0.1) is 11.9 Å². The number of anilines is 1. The van der Waals surface area contributed by atoms with Crippen molar-refractivity contribution in [1.82, 2.24) is 30.7 Å². The molecule has 0 bridgehead atoms. The Hall–Kier alpha value is -3.70. The van der Waals surface area contributed by atoms with Crippen molar-refractivity contribution >= 4 is 41.3 Å². The lowest BCUT2D eigenvalue weighted by molar-refractivity contribution is 0.0949. The van der Waals surface area contributed by atoms with Crippen LogP contribution in [-0.4, -0.2) is 37.4 Å². The van der Waals surface area contributed by atoms with E-state index >= 15 is 0 Å². The Morgan fingerprint density at radius 1 is 1.21 bits per heavy atom. The number of hydrogen-bond acceptors (Lipinski definition) is 9. The fraction of sp³-hybridized carbons (Fsp3) is 0.182. The Bertz CT molecular complexity index is 1300. The van der Waals surface area contributed by atoms with Crippen molar-refractivity contribution in [2.45, 2.75) is 30.4 Å². The summed E-state index contributed by atoms with van der Waals surface area (Å²) in [7, 11) is 0. The highest BCUT2D eigenvalue weighted by atomic mass is 35.5. The highest BCUT2D eigenvalue weighted by Crippen LogP contribution is 2.27. The molecule has 2 heterocycles. The van der Waals surface area contributed by atoms with E-state index in [1.54, 1.807) is 18.3 Å². The Morgan fingerprint density at radius 3 is 2.59 bits per heavy atom. The van der Waals surface area contributed by atoms with Crippen LogP contribution in [0.1, 0.15) is 47.1 Å². The number of thioether (sulfide) groups is 1. The van der Waals surface area contributed by atoms with E-state index in [9.17, 15) is 4.79 Å². The van der Waals surface area contributed by atoms with Gasteiger partial charge in [0, 0.05) is 15.7 Å². The molecule has 0 fully saturated rings. The molecule has 0 saturated carbocycles. The number of rotatable bonds is 8. The van der Waals surface area contributed by atoms with Gasteiger partial charge in [-0.1, -0.05) is 54.9 Å². The molecule has 12 heteroatoms. The lowest BCUT2D eigenvalue weighted by atomic mass is 10.0. The zero-order chi connectivity index (χ0) is 24.1. The van der Waals surface area contributed by atoms with Crippen molar-refractivity contribution in [3.63, 3.8) is 0 Å². The first kappa shape index (κ1) is 23.5. The average Bonchev–Trinajstić information content (AvgIpc) is 3.44. The van der Waals surface area contributed by atoms with Crippen molar-refractivity contribution in [2.75, 3.05) is 5.73 Å². The van der Waals surface area contributed by atoms with Crippen molar-refractivity contribution in [3.8, 4) is 5.82 Å². The number of amides is 1. The highest BCUT2D eigenvalue weighted by Gasteiger charge is 2.24. The summed E-state index contributed by atoms with van der Waals surface area (Å²) in [5.41, 5.74) is 10.9. The summed E-state index contributed by atoms with van der Waals surface area (Å²) in [6.45, 7) is 4.25. The van der Waals surface area contributed by atoms with Crippen LogP contribution in [0.2, 0.25) is 5.02 Å². The van der Waals surface area contributed by atoms with E-state index in [1.165, 1.54) is 22.0 Å². The number of hydrazone groups is 1. The third kappa shape index (κ3) is 5.43. The normalized spacial score (nSPS) is 11.4. The van der Waals surface area contributed by atoms with Crippen LogP contribution in [0.5, 0.6) is 0 Å². The lowest BCUT2D eigenvalue weighted by Gasteiger charge is -2.06. The van der Waals surface area contributed by atoms with Gasteiger partial charge in [0.15, 0.2) is 5.69 Å². The summed E-state index contributed by atoms with van der Waals surface area (Å²) in [6.07, 6.45) is 1.56. The number of nitrogens with one attached hydrogen (secondary N) is 1. The number of benzene rings is 2. The van der Waals surface area contributed by atoms with Gasteiger partial charge in [-0.2, -0.15) is 9.78 Å². The SMILES string of the molecule is CC(C)c1ccc(C=NNC(=O)c2nnn(-c3nonc3N)c2CSc2ccc(Cl)cc2)cc1. The first-order valence-corrected chi connectivity index (χ1v) is 11.6. The molecule has 0 aliphatic rings. The van der Waals surface area contributed by atoms with E-state index in [4.69, 9.17) is 17.3 Å². The van der Waals surface area contributed by atoms with Crippen LogP contribution in [0.25, 0.3) is 5.82 Å². The summed E-state index contributed by atoms with van der Waals surface area (Å²) >= 11 is 7.43. The minimum atomic E-state index is -0.525. The maximum Gasteiger partial charge on any atom is 0.293 e. The Labute approximate surface area is 204 Å². The third-order valence-corrected chi connectivity index (χ3v) is 6.12. The van der Waals surface area contributed by atoms with Crippen molar-refractivity contribution in [2.24, 2.45) is 5.10 Å². The summed E-state index contributed by atoms with van der Waals surface area (Å²) < 4.78 is 6.01. The van der Waals surface area contributed by atoms with Crippen molar-refractivity contribution < 1.29 is 9.42 Å². The molecule has 0 atom stereocenters. The maximum absolute atomic E-state index is 12.9. The first-order chi connectivity index (χ1) is 16.4. The third-order valence-electron chi connectivity index (χ3n) is 4.85. The summed E-state index contributed by atoms with van der Waals surface area (Å²) in [5.74, 6) is 0.420. The molecule has 0 radical (unpaired) electrons. The van der Waals surface area contributed by atoms with Crippen LogP contribution >= 0.6 is 23.4 Å². The molecule has 2 aromatic carbocycles. The second-order valence-corrected chi connectivity index (χ2v) is 9.02. The molecule has 4 aromatic rings. The lowest BCUT2D eigenvalue weighted by Crippen LogP contribution is -2.20. The van der Waals surface area contributed by atoms with Gasteiger partial charge in [-0.3, -0.25) is 4.79 Å². The molecule has 0 aliphatic heterocycles. The Balaban J connectivity index is 1.53. The van der Waals surface area contributed by atoms with Gasteiger partial charge >= 0.3 is 0 Å². The number of carbonyl (C=O) groups excluding carboxylic acids is 1. The van der Waals surface area contributed by atoms with E-state index in [0.29, 0.717) is 22.4 Å². The van der Waals surface area contributed by atoms with Crippen LogP contribution in [0.15, 0.2) is 63.2 Å². The fourth-order valence-corrected chi connectivity index (χ4v) is 4.00. The van der Waals surface area contributed by atoms with Gasteiger partial charge in [-0.15, -0.1) is 16.9 Å². The van der Waals surface area contributed by atoms with E-state index in [1.807, 2.05) is 36.4 Å².